The summed E-state index contributed by atoms with van der Waals surface area (Å²) in [6.07, 6.45) is 5.12. The SMILES string of the molecule is C=CCCCNS(=O)(=O)CCCC. The van der Waals surface area contributed by atoms with Crippen molar-refractivity contribution < 1.29 is 8.42 Å². The van der Waals surface area contributed by atoms with Crippen LogP contribution < -0.4 is 4.72 Å². The van der Waals surface area contributed by atoms with Crippen molar-refractivity contribution in [3.8, 4) is 0 Å². The lowest BCUT2D eigenvalue weighted by molar-refractivity contribution is 0.576. The van der Waals surface area contributed by atoms with Crippen LogP contribution in [0.15, 0.2) is 12.7 Å². The summed E-state index contributed by atoms with van der Waals surface area (Å²) in [5.74, 6) is 0.248. The standard InChI is InChI=1S/C9H19NO2S/c1-3-5-7-8-10-13(11,12)9-6-4-2/h3,10H,1,4-9H2,2H3. The fourth-order valence-electron chi connectivity index (χ4n) is 0.881. The highest BCUT2D eigenvalue weighted by atomic mass is 32.2. The quantitative estimate of drug-likeness (QED) is 0.484. The van der Waals surface area contributed by atoms with E-state index in [4.69, 9.17) is 0 Å². The zero-order valence-electron chi connectivity index (χ0n) is 8.25. The van der Waals surface area contributed by atoms with Gasteiger partial charge in [0.2, 0.25) is 10.0 Å². The van der Waals surface area contributed by atoms with Gasteiger partial charge in [-0.05, 0) is 19.3 Å². The average molecular weight is 205 g/mol. The minimum Gasteiger partial charge on any atom is -0.215 e. The summed E-state index contributed by atoms with van der Waals surface area (Å²) in [6, 6.07) is 0. The topological polar surface area (TPSA) is 46.2 Å². The second-order valence-electron chi connectivity index (χ2n) is 3.00. The van der Waals surface area contributed by atoms with Crippen LogP contribution in [0.5, 0.6) is 0 Å². The van der Waals surface area contributed by atoms with Crippen molar-refractivity contribution in [3.63, 3.8) is 0 Å². The highest BCUT2D eigenvalue weighted by molar-refractivity contribution is 7.89. The Kier molecular flexibility index (Phi) is 6.90. The van der Waals surface area contributed by atoms with Crippen LogP contribution in [0.2, 0.25) is 0 Å². The molecule has 0 bridgehead atoms. The lowest BCUT2D eigenvalue weighted by atomic mass is 10.3. The first-order valence-corrected chi connectivity index (χ1v) is 6.36. The largest absolute Gasteiger partial charge is 0.215 e. The number of nitrogens with one attached hydrogen (secondary N) is 1. The van der Waals surface area contributed by atoms with Gasteiger partial charge in [-0.3, -0.25) is 0 Å². The molecule has 0 fully saturated rings. The fraction of sp³-hybridized carbons (Fsp3) is 0.778. The van der Waals surface area contributed by atoms with Crippen molar-refractivity contribution in [2.75, 3.05) is 12.3 Å². The summed E-state index contributed by atoms with van der Waals surface area (Å²) >= 11 is 0. The van der Waals surface area contributed by atoms with Crippen LogP contribution in [0.25, 0.3) is 0 Å². The van der Waals surface area contributed by atoms with E-state index in [2.05, 4.69) is 11.3 Å². The van der Waals surface area contributed by atoms with Crippen LogP contribution in [0.1, 0.15) is 32.6 Å². The molecule has 0 aromatic heterocycles. The number of hydrogen-bond donors (Lipinski definition) is 1. The molecule has 1 N–H and O–H groups in total. The molecule has 0 atom stereocenters. The maximum atomic E-state index is 11.2. The molecule has 0 saturated carbocycles. The second kappa shape index (κ2) is 7.09. The van der Waals surface area contributed by atoms with Gasteiger partial charge in [0.05, 0.1) is 5.75 Å². The van der Waals surface area contributed by atoms with Crippen LogP contribution in [0.3, 0.4) is 0 Å². The van der Waals surface area contributed by atoms with Gasteiger partial charge in [0, 0.05) is 6.54 Å². The number of unbranched alkanes of at least 4 members (excludes halogenated alkanes) is 2. The molecular formula is C9H19NO2S. The number of sulfonamides is 1. The monoisotopic (exact) mass is 205 g/mol. The highest BCUT2D eigenvalue weighted by Crippen LogP contribution is 1.94. The Morgan fingerprint density at radius 2 is 2.08 bits per heavy atom. The van der Waals surface area contributed by atoms with Crippen molar-refractivity contribution in [1.82, 2.24) is 4.72 Å². The van der Waals surface area contributed by atoms with E-state index in [1.54, 1.807) is 6.08 Å². The van der Waals surface area contributed by atoms with Gasteiger partial charge < -0.3 is 0 Å². The van der Waals surface area contributed by atoms with Crippen molar-refractivity contribution in [3.05, 3.63) is 12.7 Å². The Balaban J connectivity index is 3.57. The van der Waals surface area contributed by atoms with E-state index in [-0.39, 0.29) is 5.75 Å². The van der Waals surface area contributed by atoms with Gasteiger partial charge in [-0.15, -0.1) is 6.58 Å². The number of allylic oxidation sites excluding steroid dienone is 1. The van der Waals surface area contributed by atoms with Crippen molar-refractivity contribution in [2.24, 2.45) is 0 Å². The Labute approximate surface area is 81.3 Å². The van der Waals surface area contributed by atoms with E-state index in [0.29, 0.717) is 6.54 Å². The first kappa shape index (κ1) is 12.7. The molecule has 0 rings (SSSR count). The van der Waals surface area contributed by atoms with E-state index < -0.39 is 10.0 Å². The van der Waals surface area contributed by atoms with Crippen LogP contribution in [0, 0.1) is 0 Å². The van der Waals surface area contributed by atoms with E-state index in [1.807, 2.05) is 6.92 Å². The van der Waals surface area contributed by atoms with Crippen molar-refractivity contribution in [2.45, 2.75) is 32.6 Å². The molecule has 0 saturated heterocycles. The Hall–Kier alpha value is -0.350. The van der Waals surface area contributed by atoms with E-state index in [0.717, 1.165) is 25.7 Å². The van der Waals surface area contributed by atoms with Crippen molar-refractivity contribution >= 4 is 10.0 Å². The highest BCUT2D eigenvalue weighted by Gasteiger charge is 2.06. The third-order valence-electron chi connectivity index (χ3n) is 1.67. The lowest BCUT2D eigenvalue weighted by Gasteiger charge is -2.04. The summed E-state index contributed by atoms with van der Waals surface area (Å²) in [6.45, 7) is 6.07. The molecule has 0 amide bonds. The fourth-order valence-corrected chi connectivity index (χ4v) is 2.15. The second-order valence-corrected chi connectivity index (χ2v) is 4.92. The molecule has 13 heavy (non-hydrogen) atoms. The van der Waals surface area contributed by atoms with Crippen LogP contribution in [-0.4, -0.2) is 20.7 Å². The maximum absolute atomic E-state index is 11.2. The van der Waals surface area contributed by atoms with Gasteiger partial charge in [-0.1, -0.05) is 19.4 Å². The summed E-state index contributed by atoms with van der Waals surface area (Å²) < 4.78 is 25.0. The van der Waals surface area contributed by atoms with E-state index in [9.17, 15) is 8.42 Å². The third kappa shape index (κ3) is 7.99. The molecule has 0 aromatic carbocycles. The van der Waals surface area contributed by atoms with Gasteiger partial charge in [-0.25, -0.2) is 13.1 Å². The smallest absolute Gasteiger partial charge is 0.211 e. The van der Waals surface area contributed by atoms with Crippen molar-refractivity contribution in [1.29, 1.82) is 0 Å². The molecular weight excluding hydrogens is 186 g/mol. The Morgan fingerprint density at radius 3 is 2.62 bits per heavy atom. The molecule has 0 heterocycles. The lowest BCUT2D eigenvalue weighted by Crippen LogP contribution is -2.27. The molecule has 0 spiro atoms. The summed E-state index contributed by atoms with van der Waals surface area (Å²) in [5, 5.41) is 0. The van der Waals surface area contributed by atoms with Gasteiger partial charge in [0.25, 0.3) is 0 Å². The minimum absolute atomic E-state index is 0.248. The number of rotatable bonds is 8. The van der Waals surface area contributed by atoms with Gasteiger partial charge in [0.15, 0.2) is 0 Å². The maximum Gasteiger partial charge on any atom is 0.211 e. The zero-order valence-corrected chi connectivity index (χ0v) is 9.07. The zero-order chi connectivity index (χ0) is 10.2. The van der Waals surface area contributed by atoms with Crippen LogP contribution in [-0.2, 0) is 10.0 Å². The van der Waals surface area contributed by atoms with Gasteiger partial charge in [0.1, 0.15) is 0 Å². The number of hydrogen-bond acceptors (Lipinski definition) is 2. The average Bonchev–Trinajstić information content (AvgIpc) is 2.09. The normalized spacial score (nSPS) is 11.5. The summed E-state index contributed by atoms with van der Waals surface area (Å²) in [5.41, 5.74) is 0. The minimum atomic E-state index is -3.01. The molecule has 3 nitrogen and oxygen atoms in total. The predicted molar refractivity (Wildman–Crippen MR) is 56.1 cm³/mol. The molecule has 0 aliphatic heterocycles. The Bertz CT molecular complexity index is 222. The molecule has 0 unspecified atom stereocenters. The molecule has 0 aliphatic carbocycles. The molecule has 4 heteroatoms. The predicted octanol–water partition coefficient (Wildman–Crippen LogP) is 1.67. The molecule has 0 aromatic rings. The summed E-state index contributed by atoms with van der Waals surface area (Å²) in [4.78, 5) is 0. The summed E-state index contributed by atoms with van der Waals surface area (Å²) in [7, 11) is -3.01. The first-order valence-electron chi connectivity index (χ1n) is 4.70. The first-order chi connectivity index (χ1) is 6.12. The molecule has 0 radical (unpaired) electrons. The Morgan fingerprint density at radius 1 is 1.38 bits per heavy atom. The van der Waals surface area contributed by atoms with Gasteiger partial charge >= 0.3 is 0 Å². The van der Waals surface area contributed by atoms with E-state index >= 15 is 0 Å². The third-order valence-corrected chi connectivity index (χ3v) is 3.14. The van der Waals surface area contributed by atoms with Crippen LogP contribution >= 0.6 is 0 Å². The van der Waals surface area contributed by atoms with Crippen LogP contribution in [0.4, 0.5) is 0 Å². The molecule has 78 valence electrons. The van der Waals surface area contributed by atoms with Gasteiger partial charge in [-0.2, -0.15) is 0 Å². The molecule has 0 aliphatic rings. The van der Waals surface area contributed by atoms with E-state index in [1.165, 1.54) is 0 Å².